The highest BCUT2D eigenvalue weighted by Crippen LogP contribution is 2.20. The molecular weight excluding hydrogens is 290 g/mol. The Morgan fingerprint density at radius 1 is 1.48 bits per heavy atom. The van der Waals surface area contributed by atoms with E-state index in [0.717, 1.165) is 38.1 Å². The van der Waals surface area contributed by atoms with Crippen molar-refractivity contribution in [1.82, 2.24) is 15.1 Å². The second-order valence-electron chi connectivity index (χ2n) is 6.64. The third-order valence-electron chi connectivity index (χ3n) is 4.68. The Kier molecular flexibility index (Phi) is 7.12. The number of hydrogen-bond acceptors (Lipinski definition) is 4. The molecule has 1 amide bonds. The molecule has 0 bridgehead atoms. The average Bonchev–Trinajstić information content (AvgIpc) is 3.07. The van der Waals surface area contributed by atoms with Gasteiger partial charge in [0.05, 0.1) is 18.3 Å². The summed E-state index contributed by atoms with van der Waals surface area (Å²) in [6, 6.07) is 3.96. The zero-order valence-corrected chi connectivity index (χ0v) is 14.8. The van der Waals surface area contributed by atoms with Crippen molar-refractivity contribution < 1.29 is 9.21 Å². The molecule has 0 aromatic carbocycles. The van der Waals surface area contributed by atoms with Gasteiger partial charge in [-0.05, 0) is 58.6 Å². The highest BCUT2D eigenvalue weighted by atomic mass is 16.3. The van der Waals surface area contributed by atoms with Crippen molar-refractivity contribution in [2.45, 2.75) is 51.1 Å². The molecule has 130 valence electrons. The van der Waals surface area contributed by atoms with Crippen molar-refractivity contribution in [3.63, 3.8) is 0 Å². The minimum atomic E-state index is 0.0368. The van der Waals surface area contributed by atoms with Crippen LogP contribution in [0, 0.1) is 0 Å². The van der Waals surface area contributed by atoms with Crippen molar-refractivity contribution in [3.05, 3.63) is 24.2 Å². The van der Waals surface area contributed by atoms with E-state index in [-0.39, 0.29) is 18.0 Å². The number of piperidine rings is 1. The molecule has 1 fully saturated rings. The summed E-state index contributed by atoms with van der Waals surface area (Å²) in [5, 5.41) is 3.15. The third kappa shape index (κ3) is 5.08. The number of likely N-dealkylation sites (N-methyl/N-ethyl adjacent to an activating group) is 1. The number of nitrogens with zero attached hydrogens (tertiary/aromatic N) is 2. The smallest absolute Gasteiger partial charge is 0.237 e. The molecule has 0 aliphatic carbocycles. The first-order valence-corrected chi connectivity index (χ1v) is 8.85. The topological polar surface area (TPSA) is 48.7 Å². The summed E-state index contributed by atoms with van der Waals surface area (Å²) in [4.78, 5) is 17.1. The first-order chi connectivity index (χ1) is 11.1. The maximum Gasteiger partial charge on any atom is 0.237 e. The van der Waals surface area contributed by atoms with Crippen LogP contribution in [0.1, 0.15) is 50.8 Å². The van der Waals surface area contributed by atoms with E-state index < -0.39 is 0 Å². The number of amides is 1. The lowest BCUT2D eigenvalue weighted by Crippen LogP contribution is -2.50. The van der Waals surface area contributed by atoms with Crippen LogP contribution in [0.3, 0.4) is 0 Å². The van der Waals surface area contributed by atoms with Crippen LogP contribution >= 0.6 is 0 Å². The fourth-order valence-electron chi connectivity index (χ4n) is 3.25. The van der Waals surface area contributed by atoms with Gasteiger partial charge in [0.15, 0.2) is 0 Å². The van der Waals surface area contributed by atoms with Gasteiger partial charge in [0.1, 0.15) is 5.76 Å². The number of unbranched alkanes of at least 4 members (excludes halogenated alkanes) is 1. The molecule has 1 aliphatic heterocycles. The minimum Gasteiger partial charge on any atom is -0.468 e. The van der Waals surface area contributed by atoms with Crippen molar-refractivity contribution >= 4 is 5.91 Å². The van der Waals surface area contributed by atoms with E-state index in [1.54, 1.807) is 6.26 Å². The maximum absolute atomic E-state index is 12.7. The second kappa shape index (κ2) is 9.08. The Hall–Kier alpha value is -1.33. The molecule has 1 aromatic heterocycles. The summed E-state index contributed by atoms with van der Waals surface area (Å²) in [6.45, 7) is 4.86. The van der Waals surface area contributed by atoms with Gasteiger partial charge in [0.2, 0.25) is 5.91 Å². The molecular formula is C18H31N3O2. The summed E-state index contributed by atoms with van der Waals surface area (Å²) >= 11 is 0. The van der Waals surface area contributed by atoms with Crippen molar-refractivity contribution in [3.8, 4) is 0 Å². The van der Waals surface area contributed by atoms with Gasteiger partial charge in [-0.3, -0.25) is 14.6 Å². The van der Waals surface area contributed by atoms with E-state index >= 15 is 0 Å². The zero-order chi connectivity index (χ0) is 16.7. The standard InChI is InChI=1S/C18H31N3O2/c1-4-5-11-21-12-7-6-9-15(21)18(22)19-14-16(20(2)3)17-10-8-13-23-17/h8,10,13,15-16H,4-7,9,11-12,14H2,1-3H3,(H,19,22)/t15-,16+/m0/s1. The van der Waals surface area contributed by atoms with Gasteiger partial charge in [-0.15, -0.1) is 0 Å². The van der Waals surface area contributed by atoms with E-state index in [2.05, 4.69) is 22.0 Å². The Balaban J connectivity index is 1.91. The Labute approximate surface area is 140 Å². The van der Waals surface area contributed by atoms with Gasteiger partial charge < -0.3 is 9.73 Å². The number of likely N-dealkylation sites (tertiary alicyclic amines) is 1. The molecule has 1 saturated heterocycles. The summed E-state index contributed by atoms with van der Waals surface area (Å²) < 4.78 is 5.51. The first-order valence-electron chi connectivity index (χ1n) is 8.85. The van der Waals surface area contributed by atoms with Crippen LogP contribution in [0.2, 0.25) is 0 Å². The summed E-state index contributed by atoms with van der Waals surface area (Å²) in [5.74, 6) is 1.06. The van der Waals surface area contributed by atoms with Crippen LogP contribution in [0.25, 0.3) is 0 Å². The SMILES string of the molecule is CCCCN1CCCC[C@H]1C(=O)NC[C@H](c1ccco1)N(C)C. The molecule has 2 rings (SSSR count). The monoisotopic (exact) mass is 321 g/mol. The molecule has 0 unspecified atom stereocenters. The van der Waals surface area contributed by atoms with Crippen LogP contribution in [0.5, 0.6) is 0 Å². The Morgan fingerprint density at radius 2 is 2.30 bits per heavy atom. The van der Waals surface area contributed by atoms with Crippen LogP contribution in [0.15, 0.2) is 22.8 Å². The van der Waals surface area contributed by atoms with E-state index in [0.29, 0.717) is 6.54 Å². The fraction of sp³-hybridized carbons (Fsp3) is 0.722. The maximum atomic E-state index is 12.7. The van der Waals surface area contributed by atoms with Gasteiger partial charge in [-0.25, -0.2) is 0 Å². The number of rotatable bonds is 8. The summed E-state index contributed by atoms with van der Waals surface area (Å²) in [6.07, 6.45) is 7.35. The van der Waals surface area contributed by atoms with Crippen molar-refractivity contribution in [2.24, 2.45) is 0 Å². The summed E-state index contributed by atoms with van der Waals surface area (Å²) in [7, 11) is 4.01. The largest absolute Gasteiger partial charge is 0.468 e. The minimum absolute atomic E-state index is 0.0368. The molecule has 5 heteroatoms. The predicted molar refractivity (Wildman–Crippen MR) is 92.3 cm³/mol. The highest BCUT2D eigenvalue weighted by Gasteiger charge is 2.29. The van der Waals surface area contributed by atoms with Crippen molar-refractivity contribution in [2.75, 3.05) is 33.7 Å². The van der Waals surface area contributed by atoms with Gasteiger partial charge in [0.25, 0.3) is 0 Å². The Morgan fingerprint density at radius 3 is 2.96 bits per heavy atom. The van der Waals surface area contributed by atoms with Gasteiger partial charge in [-0.2, -0.15) is 0 Å². The number of nitrogens with one attached hydrogen (secondary N) is 1. The molecule has 0 saturated carbocycles. The quantitative estimate of drug-likeness (QED) is 0.800. The molecule has 1 N–H and O–H groups in total. The van der Waals surface area contributed by atoms with Gasteiger partial charge >= 0.3 is 0 Å². The number of furan rings is 1. The molecule has 0 radical (unpaired) electrons. The van der Waals surface area contributed by atoms with E-state index in [1.165, 1.54) is 12.8 Å². The Bertz CT molecular complexity index is 459. The van der Waals surface area contributed by atoms with E-state index in [4.69, 9.17) is 4.42 Å². The van der Waals surface area contributed by atoms with Crippen LogP contribution in [0.4, 0.5) is 0 Å². The number of hydrogen-bond donors (Lipinski definition) is 1. The fourth-order valence-corrected chi connectivity index (χ4v) is 3.25. The van der Waals surface area contributed by atoms with Crippen LogP contribution in [-0.2, 0) is 4.79 Å². The zero-order valence-electron chi connectivity index (χ0n) is 14.8. The molecule has 0 spiro atoms. The second-order valence-corrected chi connectivity index (χ2v) is 6.64. The van der Waals surface area contributed by atoms with Gasteiger partial charge in [0, 0.05) is 6.54 Å². The molecule has 2 atom stereocenters. The van der Waals surface area contributed by atoms with E-state index in [9.17, 15) is 4.79 Å². The molecule has 5 nitrogen and oxygen atoms in total. The van der Waals surface area contributed by atoms with Crippen molar-refractivity contribution in [1.29, 1.82) is 0 Å². The number of carbonyl (C=O) groups excluding carboxylic acids is 1. The highest BCUT2D eigenvalue weighted by molar-refractivity contribution is 5.81. The number of carbonyl (C=O) groups is 1. The molecule has 23 heavy (non-hydrogen) atoms. The van der Waals surface area contributed by atoms with E-state index in [1.807, 2.05) is 26.2 Å². The van der Waals surface area contributed by atoms with Gasteiger partial charge in [-0.1, -0.05) is 19.8 Å². The van der Waals surface area contributed by atoms with Crippen LogP contribution in [-0.4, -0.2) is 55.5 Å². The van der Waals surface area contributed by atoms with Crippen LogP contribution < -0.4 is 5.32 Å². The lowest BCUT2D eigenvalue weighted by molar-refractivity contribution is -0.127. The lowest BCUT2D eigenvalue weighted by atomic mass is 10.0. The molecule has 1 aromatic rings. The normalized spacial score (nSPS) is 20.6. The average molecular weight is 321 g/mol. The molecule has 1 aliphatic rings. The third-order valence-corrected chi connectivity index (χ3v) is 4.68. The lowest BCUT2D eigenvalue weighted by Gasteiger charge is -2.35. The first kappa shape index (κ1) is 18.0. The summed E-state index contributed by atoms with van der Waals surface area (Å²) in [5.41, 5.74) is 0. The predicted octanol–water partition coefficient (Wildman–Crippen LogP) is 2.65. The molecule has 2 heterocycles.